The van der Waals surface area contributed by atoms with Gasteiger partial charge in [0.1, 0.15) is 0 Å². The smallest absolute Gasteiger partial charge is 0.259 e. The zero-order chi connectivity index (χ0) is 21.3. The Kier molecular flexibility index (Phi) is 13.0. The van der Waals surface area contributed by atoms with Crippen molar-refractivity contribution in [2.75, 3.05) is 13.7 Å². The summed E-state index contributed by atoms with van der Waals surface area (Å²) in [7, 11) is 1.45. The fraction of sp³-hybridized carbons (Fsp3) is 0.591. The number of rotatable bonds is 15. The fourth-order valence-electron chi connectivity index (χ4n) is 2.86. The quantitative estimate of drug-likeness (QED) is 0.234. The van der Waals surface area contributed by atoms with E-state index in [1.54, 1.807) is 12.1 Å². The van der Waals surface area contributed by atoms with E-state index in [4.69, 9.17) is 4.74 Å². The molecule has 0 aliphatic heterocycles. The lowest BCUT2D eigenvalue weighted by Crippen LogP contribution is -2.34. The Morgan fingerprint density at radius 1 is 1.03 bits per heavy atom. The molecule has 29 heavy (non-hydrogen) atoms. The van der Waals surface area contributed by atoms with Crippen LogP contribution in [-0.2, 0) is 9.59 Å². The largest absolute Gasteiger partial charge is 0.504 e. The van der Waals surface area contributed by atoms with Crippen molar-refractivity contribution in [1.29, 1.82) is 0 Å². The van der Waals surface area contributed by atoms with Crippen LogP contribution >= 0.6 is 0 Å². The average molecular weight is 406 g/mol. The highest BCUT2D eigenvalue weighted by molar-refractivity contribution is 5.86. The van der Waals surface area contributed by atoms with Gasteiger partial charge in [0.2, 0.25) is 5.91 Å². The van der Waals surface area contributed by atoms with Crippen LogP contribution < -0.4 is 15.5 Å². The van der Waals surface area contributed by atoms with Crippen molar-refractivity contribution in [3.63, 3.8) is 0 Å². The molecule has 0 unspecified atom stereocenters. The van der Waals surface area contributed by atoms with Crippen LogP contribution in [0.3, 0.4) is 0 Å². The van der Waals surface area contributed by atoms with Crippen molar-refractivity contribution in [3.05, 3.63) is 23.8 Å². The lowest BCUT2D eigenvalue weighted by Gasteiger charge is -2.05. The number of unbranched alkanes of at least 4 members (excludes halogenated alkanes) is 8. The Hall–Kier alpha value is -2.57. The normalized spacial score (nSPS) is 10.8. The number of hydrazone groups is 1. The van der Waals surface area contributed by atoms with Crippen LogP contribution in [0.4, 0.5) is 0 Å². The molecular weight excluding hydrogens is 370 g/mol. The van der Waals surface area contributed by atoms with Gasteiger partial charge in [-0.05, 0) is 30.2 Å². The van der Waals surface area contributed by atoms with Crippen molar-refractivity contribution in [2.24, 2.45) is 5.10 Å². The van der Waals surface area contributed by atoms with E-state index >= 15 is 0 Å². The summed E-state index contributed by atoms with van der Waals surface area (Å²) in [6.45, 7) is 2.11. The minimum absolute atomic E-state index is 0.0309. The number of methoxy groups -OCH3 is 1. The number of hydrogen-bond acceptors (Lipinski definition) is 5. The van der Waals surface area contributed by atoms with Gasteiger partial charge in [0.05, 0.1) is 19.9 Å². The second-order valence-corrected chi connectivity index (χ2v) is 7.08. The first-order chi connectivity index (χ1) is 14.1. The monoisotopic (exact) mass is 405 g/mol. The maximum absolute atomic E-state index is 11.8. The maximum Gasteiger partial charge on any atom is 0.259 e. The molecular formula is C22H35N3O4. The van der Waals surface area contributed by atoms with Gasteiger partial charge in [-0.3, -0.25) is 9.59 Å². The third-order valence-electron chi connectivity index (χ3n) is 4.56. The van der Waals surface area contributed by atoms with Gasteiger partial charge in [0.25, 0.3) is 5.91 Å². The Balaban J connectivity index is 2.09. The lowest BCUT2D eigenvalue weighted by molar-refractivity contribution is -0.126. The number of amides is 2. The van der Waals surface area contributed by atoms with Gasteiger partial charge in [0.15, 0.2) is 11.5 Å². The number of hydrogen-bond donors (Lipinski definition) is 3. The Bertz CT molecular complexity index is 647. The molecule has 0 atom stereocenters. The van der Waals surface area contributed by atoms with E-state index < -0.39 is 5.91 Å². The molecule has 1 rings (SSSR count). The second kappa shape index (κ2) is 15.4. The summed E-state index contributed by atoms with van der Waals surface area (Å²) in [5, 5.41) is 16.0. The van der Waals surface area contributed by atoms with Crippen molar-refractivity contribution < 1.29 is 19.4 Å². The molecule has 0 spiro atoms. The number of phenols is 1. The van der Waals surface area contributed by atoms with Gasteiger partial charge in [-0.25, -0.2) is 5.43 Å². The average Bonchev–Trinajstić information content (AvgIpc) is 2.72. The van der Waals surface area contributed by atoms with E-state index in [0.717, 1.165) is 19.3 Å². The molecule has 3 N–H and O–H groups in total. The molecule has 7 nitrogen and oxygen atoms in total. The molecule has 0 saturated carbocycles. The van der Waals surface area contributed by atoms with E-state index in [9.17, 15) is 14.7 Å². The number of phenolic OH excluding ortho intramolecular Hbond substituents is 1. The molecule has 1 aromatic rings. The zero-order valence-corrected chi connectivity index (χ0v) is 17.7. The second-order valence-electron chi connectivity index (χ2n) is 7.08. The summed E-state index contributed by atoms with van der Waals surface area (Å²) in [6, 6.07) is 4.72. The van der Waals surface area contributed by atoms with E-state index in [1.165, 1.54) is 57.9 Å². The van der Waals surface area contributed by atoms with Gasteiger partial charge < -0.3 is 15.2 Å². The van der Waals surface area contributed by atoms with Gasteiger partial charge in [0, 0.05) is 6.42 Å². The third kappa shape index (κ3) is 11.8. The minimum Gasteiger partial charge on any atom is -0.504 e. The molecule has 0 bridgehead atoms. The summed E-state index contributed by atoms with van der Waals surface area (Å²) >= 11 is 0. The van der Waals surface area contributed by atoms with Crippen molar-refractivity contribution >= 4 is 18.0 Å². The summed E-state index contributed by atoms with van der Waals surface area (Å²) in [5.41, 5.74) is 3.02. The van der Waals surface area contributed by atoms with Gasteiger partial charge >= 0.3 is 0 Å². The first-order valence-electron chi connectivity index (χ1n) is 10.5. The topological polar surface area (TPSA) is 100 Å². The van der Waals surface area contributed by atoms with E-state index in [-0.39, 0.29) is 18.2 Å². The number of benzene rings is 1. The lowest BCUT2D eigenvalue weighted by atomic mass is 10.1. The minimum atomic E-state index is -0.396. The summed E-state index contributed by atoms with van der Waals surface area (Å²) < 4.78 is 5.00. The van der Waals surface area contributed by atoms with Crippen LogP contribution in [0.25, 0.3) is 0 Å². The fourth-order valence-corrected chi connectivity index (χ4v) is 2.86. The number of carbonyl (C=O) groups excluding carboxylic acids is 2. The van der Waals surface area contributed by atoms with Gasteiger partial charge in [-0.1, -0.05) is 58.3 Å². The third-order valence-corrected chi connectivity index (χ3v) is 4.56. The molecule has 7 heteroatoms. The molecule has 0 fully saturated rings. The molecule has 0 aliphatic carbocycles. The number of ether oxygens (including phenoxy) is 1. The van der Waals surface area contributed by atoms with Crippen LogP contribution in [0.15, 0.2) is 23.3 Å². The summed E-state index contributed by atoms with van der Waals surface area (Å²) in [5.74, 6) is -0.157. The van der Waals surface area contributed by atoms with Crippen LogP contribution in [0.2, 0.25) is 0 Å². The zero-order valence-electron chi connectivity index (χ0n) is 17.7. The highest BCUT2D eigenvalue weighted by Crippen LogP contribution is 2.25. The summed E-state index contributed by atoms with van der Waals surface area (Å²) in [4.78, 5) is 23.5. The Morgan fingerprint density at radius 2 is 1.69 bits per heavy atom. The van der Waals surface area contributed by atoms with Gasteiger partial charge in [-0.2, -0.15) is 5.10 Å². The summed E-state index contributed by atoms with van der Waals surface area (Å²) in [6.07, 6.45) is 12.7. The standard InChI is InChI=1S/C22H35N3O4/c1-3-4-5-6-7-8-9-10-11-12-21(27)23-17-22(28)25-24-16-18-13-14-19(26)20(15-18)29-2/h13-16,26H,3-12,17H2,1-2H3,(H,23,27)(H,25,28). The predicted molar refractivity (Wildman–Crippen MR) is 115 cm³/mol. The molecule has 0 radical (unpaired) electrons. The first kappa shape index (κ1) is 24.5. The number of carbonyl (C=O) groups is 2. The molecule has 0 aromatic heterocycles. The van der Waals surface area contributed by atoms with Crippen molar-refractivity contribution in [3.8, 4) is 11.5 Å². The highest BCUT2D eigenvalue weighted by Gasteiger charge is 2.05. The number of aromatic hydroxyl groups is 1. The van der Waals surface area contributed by atoms with E-state index in [0.29, 0.717) is 17.7 Å². The molecule has 0 aliphatic rings. The van der Waals surface area contributed by atoms with Crippen LogP contribution in [0.5, 0.6) is 11.5 Å². The molecule has 0 heterocycles. The van der Waals surface area contributed by atoms with Crippen LogP contribution in [0, 0.1) is 0 Å². The number of nitrogens with one attached hydrogen (secondary N) is 2. The molecule has 2 amide bonds. The van der Waals surface area contributed by atoms with E-state index in [2.05, 4.69) is 22.8 Å². The first-order valence-corrected chi connectivity index (χ1v) is 10.5. The van der Waals surface area contributed by atoms with Crippen LogP contribution in [-0.4, -0.2) is 36.8 Å². The Labute approximate surface area is 173 Å². The van der Waals surface area contributed by atoms with E-state index in [1.807, 2.05) is 0 Å². The molecule has 1 aromatic carbocycles. The molecule has 162 valence electrons. The maximum atomic E-state index is 11.8. The highest BCUT2D eigenvalue weighted by atomic mass is 16.5. The predicted octanol–water partition coefficient (Wildman–Crippen LogP) is 3.89. The molecule has 0 saturated heterocycles. The van der Waals surface area contributed by atoms with Crippen molar-refractivity contribution in [1.82, 2.24) is 10.7 Å². The number of nitrogens with zero attached hydrogens (tertiary/aromatic N) is 1. The SMILES string of the molecule is CCCCCCCCCCCC(=O)NCC(=O)NN=Cc1ccc(O)c(OC)c1. The van der Waals surface area contributed by atoms with Crippen LogP contribution in [0.1, 0.15) is 76.7 Å². The Morgan fingerprint density at radius 3 is 2.34 bits per heavy atom. The van der Waals surface area contributed by atoms with Crippen molar-refractivity contribution in [2.45, 2.75) is 71.1 Å². The van der Waals surface area contributed by atoms with Gasteiger partial charge in [-0.15, -0.1) is 0 Å².